The molecule has 6 nitrogen and oxygen atoms in total. The van der Waals surface area contributed by atoms with Crippen LogP contribution in [0, 0.1) is 0 Å². The van der Waals surface area contributed by atoms with Crippen molar-refractivity contribution in [2.45, 2.75) is 19.3 Å². The normalized spacial score (nSPS) is 13.2. The minimum absolute atomic E-state index is 0.156. The minimum atomic E-state index is -0.156. The van der Waals surface area contributed by atoms with E-state index >= 15 is 0 Å². The molecule has 0 spiro atoms. The van der Waals surface area contributed by atoms with Crippen LogP contribution in [0.5, 0.6) is 0 Å². The van der Waals surface area contributed by atoms with Crippen molar-refractivity contribution < 1.29 is 0 Å². The fraction of sp³-hybridized carbons (Fsp3) is 0.0600. The van der Waals surface area contributed by atoms with E-state index in [9.17, 15) is 0 Å². The Labute approximate surface area is 331 Å². The molecule has 0 N–H and O–H groups in total. The molecule has 0 aliphatic heterocycles. The fourth-order valence-electron chi connectivity index (χ4n) is 8.85. The zero-order chi connectivity index (χ0) is 37.8. The molecule has 3 heterocycles. The second-order valence-corrected chi connectivity index (χ2v) is 16.4. The predicted octanol–water partition coefficient (Wildman–Crippen LogP) is 12.6. The van der Waals surface area contributed by atoms with Gasteiger partial charge in [0, 0.05) is 47.7 Å². The Morgan fingerprint density at radius 3 is 2.05 bits per heavy atom. The maximum atomic E-state index is 5.30. The van der Waals surface area contributed by atoms with Crippen molar-refractivity contribution in [1.29, 1.82) is 0 Å². The summed E-state index contributed by atoms with van der Waals surface area (Å²) < 4.78 is 2.41. The van der Waals surface area contributed by atoms with Gasteiger partial charge in [0.1, 0.15) is 11.0 Å². The lowest BCUT2D eigenvalue weighted by molar-refractivity contribution is 0.660. The number of fused-ring (bicyclic) bond motifs is 11. The van der Waals surface area contributed by atoms with Gasteiger partial charge in [-0.15, -0.1) is 21.5 Å². The average Bonchev–Trinajstić information content (AvgIpc) is 3.94. The van der Waals surface area contributed by atoms with E-state index in [1.165, 1.54) is 42.4 Å². The molecular formula is C50H32N6S. The van der Waals surface area contributed by atoms with E-state index < -0.39 is 0 Å². The Morgan fingerprint density at radius 2 is 1.16 bits per heavy atom. The monoisotopic (exact) mass is 748 g/mol. The van der Waals surface area contributed by atoms with Gasteiger partial charge in [-0.2, -0.15) is 4.80 Å². The molecule has 3 aromatic heterocycles. The molecule has 1 aliphatic rings. The Bertz CT molecular complexity index is 3450. The quantitative estimate of drug-likeness (QED) is 0.168. The minimum Gasteiger partial charge on any atom is -0.208 e. The van der Waals surface area contributed by atoms with Crippen molar-refractivity contribution in [1.82, 2.24) is 29.9 Å². The van der Waals surface area contributed by atoms with Crippen LogP contribution in [0.25, 0.3) is 104 Å². The van der Waals surface area contributed by atoms with E-state index in [4.69, 9.17) is 25.1 Å². The van der Waals surface area contributed by atoms with Crippen LogP contribution in [-0.4, -0.2) is 29.9 Å². The number of rotatable bonds is 4. The number of aromatic nitrogens is 6. The van der Waals surface area contributed by atoms with Crippen molar-refractivity contribution in [3.8, 4) is 51.0 Å². The van der Waals surface area contributed by atoms with Crippen LogP contribution < -0.4 is 0 Å². The molecule has 57 heavy (non-hydrogen) atoms. The van der Waals surface area contributed by atoms with E-state index in [1.54, 1.807) is 16.1 Å². The Balaban J connectivity index is 1.09. The van der Waals surface area contributed by atoms with E-state index in [0.29, 0.717) is 17.5 Å². The van der Waals surface area contributed by atoms with Gasteiger partial charge < -0.3 is 0 Å². The van der Waals surface area contributed by atoms with Gasteiger partial charge >= 0.3 is 0 Å². The maximum Gasteiger partial charge on any atom is 0.165 e. The molecule has 0 saturated carbocycles. The van der Waals surface area contributed by atoms with Crippen LogP contribution in [0.1, 0.15) is 25.0 Å². The summed E-state index contributed by atoms with van der Waals surface area (Å²) in [7, 11) is 0. The van der Waals surface area contributed by atoms with Crippen LogP contribution in [0.2, 0.25) is 0 Å². The van der Waals surface area contributed by atoms with Gasteiger partial charge in [-0.25, -0.2) is 15.0 Å². The summed E-state index contributed by atoms with van der Waals surface area (Å²) >= 11 is 1.78. The van der Waals surface area contributed by atoms with Crippen LogP contribution in [0.15, 0.2) is 158 Å². The molecular weight excluding hydrogens is 717 g/mol. The highest BCUT2D eigenvalue weighted by Gasteiger charge is 2.35. The van der Waals surface area contributed by atoms with Crippen molar-refractivity contribution in [2.24, 2.45) is 0 Å². The van der Waals surface area contributed by atoms with E-state index in [2.05, 4.69) is 141 Å². The summed E-state index contributed by atoms with van der Waals surface area (Å²) in [5.41, 5.74) is 10.5. The second-order valence-electron chi connectivity index (χ2n) is 15.4. The molecule has 12 rings (SSSR count). The van der Waals surface area contributed by atoms with Crippen LogP contribution in [0.4, 0.5) is 0 Å². The lowest BCUT2D eigenvalue weighted by Crippen LogP contribution is -2.15. The first-order valence-electron chi connectivity index (χ1n) is 19.2. The molecule has 0 atom stereocenters. The number of benzene rings is 8. The molecule has 7 heteroatoms. The van der Waals surface area contributed by atoms with Crippen molar-refractivity contribution >= 4 is 64.1 Å². The summed E-state index contributed by atoms with van der Waals surface area (Å²) in [6.07, 6.45) is 0. The number of nitrogens with zero attached hydrogens (tertiary/aromatic N) is 6. The van der Waals surface area contributed by atoms with Gasteiger partial charge in [-0.05, 0) is 80.9 Å². The molecule has 0 unspecified atom stereocenters. The number of para-hydroxylation sites is 1. The summed E-state index contributed by atoms with van der Waals surface area (Å²) in [6, 6.07) is 55.6. The van der Waals surface area contributed by atoms with Crippen LogP contribution in [-0.2, 0) is 5.41 Å². The van der Waals surface area contributed by atoms with Gasteiger partial charge in [-0.3, -0.25) is 0 Å². The first-order valence-corrected chi connectivity index (χ1v) is 20.0. The second kappa shape index (κ2) is 12.0. The topological polar surface area (TPSA) is 69.4 Å². The molecule has 11 aromatic rings. The Hall–Kier alpha value is -7.09. The van der Waals surface area contributed by atoms with Gasteiger partial charge in [0.2, 0.25) is 0 Å². The summed E-state index contributed by atoms with van der Waals surface area (Å²) in [4.78, 5) is 17.6. The fourth-order valence-corrected chi connectivity index (χ4v) is 10.1. The van der Waals surface area contributed by atoms with E-state index in [1.807, 2.05) is 30.3 Å². The third-order valence-electron chi connectivity index (χ3n) is 11.7. The Kier molecular flexibility index (Phi) is 6.75. The smallest absolute Gasteiger partial charge is 0.165 e. The molecule has 1 aliphatic carbocycles. The van der Waals surface area contributed by atoms with Crippen molar-refractivity contribution in [3.05, 3.63) is 169 Å². The van der Waals surface area contributed by atoms with Crippen LogP contribution >= 0.6 is 11.3 Å². The average molecular weight is 749 g/mol. The van der Waals surface area contributed by atoms with E-state index in [0.717, 1.165) is 55.0 Å². The summed E-state index contributed by atoms with van der Waals surface area (Å²) in [6.45, 7) is 4.62. The zero-order valence-electron chi connectivity index (χ0n) is 31.1. The molecule has 0 fully saturated rings. The molecule has 268 valence electrons. The van der Waals surface area contributed by atoms with Gasteiger partial charge in [0.05, 0.1) is 5.69 Å². The third-order valence-corrected chi connectivity index (χ3v) is 12.9. The predicted molar refractivity (Wildman–Crippen MR) is 234 cm³/mol. The van der Waals surface area contributed by atoms with Crippen LogP contribution in [0.3, 0.4) is 0 Å². The number of thiophene rings is 1. The van der Waals surface area contributed by atoms with Gasteiger partial charge in [0.25, 0.3) is 0 Å². The third kappa shape index (κ3) is 4.85. The summed E-state index contributed by atoms with van der Waals surface area (Å²) in [5.74, 6) is 1.92. The number of hydrogen-bond donors (Lipinski definition) is 0. The SMILES string of the molecule is CC1(C)c2ccccc2-c2ccc(-c3nc(-c4ccc5ccc6ccc7nn(-c8ccccc8)nc7c6c5c4)nc(-c4cccc5c4sc4ccccc45)n3)cc21. The van der Waals surface area contributed by atoms with Gasteiger partial charge in [0.15, 0.2) is 17.5 Å². The molecule has 0 amide bonds. The van der Waals surface area contributed by atoms with Crippen molar-refractivity contribution in [3.63, 3.8) is 0 Å². The molecule has 8 aromatic carbocycles. The zero-order valence-corrected chi connectivity index (χ0v) is 31.9. The van der Waals surface area contributed by atoms with Crippen molar-refractivity contribution in [2.75, 3.05) is 0 Å². The first-order chi connectivity index (χ1) is 28.0. The highest BCUT2D eigenvalue weighted by molar-refractivity contribution is 7.26. The highest BCUT2D eigenvalue weighted by atomic mass is 32.1. The number of hydrogen-bond acceptors (Lipinski definition) is 6. The molecule has 0 bridgehead atoms. The first kappa shape index (κ1) is 32.2. The molecule has 0 saturated heterocycles. The summed E-state index contributed by atoms with van der Waals surface area (Å²) in [5, 5.41) is 16.7. The lowest BCUT2D eigenvalue weighted by atomic mass is 9.82. The lowest BCUT2D eigenvalue weighted by Gasteiger charge is -2.21. The van der Waals surface area contributed by atoms with E-state index in [-0.39, 0.29) is 5.41 Å². The standard InChI is InChI=1S/C50H32N6S/c1-50(2)40-17-8-6-13-34(40)35-25-23-32(28-41(35)50)48-51-47(52-49(53-48)38-16-10-15-37-36-14-7-9-18-43(36)57-46(37)38)31-22-20-29-19-21-30-24-26-42-45(44(30)39(29)27-31)55-56(54-42)33-11-4-3-5-12-33/h3-28H,1-2H3. The van der Waals surface area contributed by atoms with Gasteiger partial charge in [-0.1, -0.05) is 129 Å². The molecule has 0 radical (unpaired) electrons. The highest BCUT2D eigenvalue weighted by Crippen LogP contribution is 2.49. The maximum absolute atomic E-state index is 5.30. The Morgan fingerprint density at radius 1 is 0.491 bits per heavy atom. The largest absolute Gasteiger partial charge is 0.208 e.